The first-order chi connectivity index (χ1) is 10.5. The smallest absolute Gasteiger partial charge is 0.321 e. The lowest BCUT2D eigenvalue weighted by molar-refractivity contribution is -0.146. The molecule has 0 aliphatic heterocycles. The van der Waals surface area contributed by atoms with E-state index in [0.717, 1.165) is 16.7 Å². The summed E-state index contributed by atoms with van der Waals surface area (Å²) in [5.41, 5.74) is 2.89. The number of hydrogen-bond donors (Lipinski definition) is 3. The molecule has 1 heterocycles. The molecule has 0 bridgehead atoms. The minimum Gasteiger partial charge on any atom is -0.481 e. The minimum absolute atomic E-state index is 0.289. The summed E-state index contributed by atoms with van der Waals surface area (Å²) in [7, 11) is 1.84. The Balaban J connectivity index is 1.99. The quantitative estimate of drug-likeness (QED) is 0.707. The van der Waals surface area contributed by atoms with Crippen molar-refractivity contribution in [3.8, 4) is 11.1 Å². The molecule has 2 rings (SSSR count). The molecule has 3 N–H and O–H groups in total. The average molecular weight is 303 g/mol. The van der Waals surface area contributed by atoms with E-state index in [4.69, 9.17) is 10.2 Å². The Morgan fingerprint density at radius 3 is 2.41 bits per heavy atom. The lowest BCUT2D eigenvalue weighted by atomic mass is 10.1. The molecule has 0 fully saturated rings. The molecule has 1 aromatic carbocycles. The highest BCUT2D eigenvalue weighted by Crippen LogP contribution is 2.18. The summed E-state index contributed by atoms with van der Waals surface area (Å²) in [6.07, 6.45) is 3.21. The molecule has 7 heteroatoms. The van der Waals surface area contributed by atoms with Crippen LogP contribution in [0.1, 0.15) is 12.0 Å². The van der Waals surface area contributed by atoms with Gasteiger partial charge in [0, 0.05) is 25.4 Å². The summed E-state index contributed by atoms with van der Waals surface area (Å²) in [5.74, 6) is -2.32. The van der Waals surface area contributed by atoms with E-state index in [1.54, 1.807) is 10.9 Å². The first-order valence-electron chi connectivity index (χ1n) is 6.71. The largest absolute Gasteiger partial charge is 0.481 e. The van der Waals surface area contributed by atoms with Gasteiger partial charge in [0.2, 0.25) is 0 Å². The molecule has 0 aliphatic rings. The van der Waals surface area contributed by atoms with E-state index in [1.165, 1.54) is 0 Å². The molecule has 0 saturated carbocycles. The Labute approximate surface area is 127 Å². The number of nitrogens with one attached hydrogen (secondary N) is 1. The van der Waals surface area contributed by atoms with E-state index in [-0.39, 0.29) is 6.54 Å². The lowest BCUT2D eigenvalue weighted by Crippen LogP contribution is -2.38. The summed E-state index contributed by atoms with van der Waals surface area (Å²) in [6, 6.07) is 6.47. The fraction of sp³-hybridized carbons (Fsp3) is 0.267. The third-order valence-corrected chi connectivity index (χ3v) is 3.22. The SMILES string of the molecule is Cn1cc(-c2ccc(CN[C@@H](CC(=O)O)C(=O)O)cc2)cn1. The minimum atomic E-state index is -1.17. The third kappa shape index (κ3) is 4.16. The zero-order valence-corrected chi connectivity index (χ0v) is 12.1. The molecule has 0 radical (unpaired) electrons. The van der Waals surface area contributed by atoms with Gasteiger partial charge in [0.05, 0.1) is 12.6 Å². The first-order valence-corrected chi connectivity index (χ1v) is 6.71. The number of aryl methyl sites for hydroxylation is 1. The molecule has 0 aliphatic carbocycles. The van der Waals surface area contributed by atoms with E-state index in [0.29, 0.717) is 0 Å². The second-order valence-electron chi connectivity index (χ2n) is 4.97. The summed E-state index contributed by atoms with van der Waals surface area (Å²) in [4.78, 5) is 21.6. The highest BCUT2D eigenvalue weighted by atomic mass is 16.4. The van der Waals surface area contributed by atoms with E-state index in [2.05, 4.69) is 10.4 Å². The molecule has 0 unspecified atom stereocenters. The first kappa shape index (κ1) is 15.7. The van der Waals surface area contributed by atoms with Gasteiger partial charge < -0.3 is 10.2 Å². The van der Waals surface area contributed by atoms with Crippen LogP contribution in [0.3, 0.4) is 0 Å². The van der Waals surface area contributed by atoms with Crippen LogP contribution in [0, 0.1) is 0 Å². The van der Waals surface area contributed by atoms with Crippen molar-refractivity contribution < 1.29 is 19.8 Å². The maximum atomic E-state index is 11.0. The van der Waals surface area contributed by atoms with Crippen molar-refractivity contribution in [1.29, 1.82) is 0 Å². The lowest BCUT2D eigenvalue weighted by Gasteiger charge is -2.12. The van der Waals surface area contributed by atoms with E-state index >= 15 is 0 Å². The molecule has 0 amide bonds. The number of carboxylic acid groups (broad SMARTS) is 2. The maximum absolute atomic E-state index is 11.0. The number of carboxylic acids is 2. The Morgan fingerprint density at radius 1 is 1.23 bits per heavy atom. The average Bonchev–Trinajstić information content (AvgIpc) is 2.90. The van der Waals surface area contributed by atoms with Crippen LogP contribution < -0.4 is 5.32 Å². The monoisotopic (exact) mass is 303 g/mol. The second-order valence-corrected chi connectivity index (χ2v) is 4.97. The normalized spacial score (nSPS) is 12.0. The van der Waals surface area contributed by atoms with Crippen LogP contribution >= 0.6 is 0 Å². The van der Waals surface area contributed by atoms with Gasteiger partial charge in [-0.25, -0.2) is 0 Å². The van der Waals surface area contributed by atoms with Gasteiger partial charge in [-0.05, 0) is 11.1 Å². The van der Waals surface area contributed by atoms with Crippen molar-refractivity contribution in [3.63, 3.8) is 0 Å². The predicted molar refractivity (Wildman–Crippen MR) is 79.2 cm³/mol. The number of benzene rings is 1. The maximum Gasteiger partial charge on any atom is 0.321 e. The van der Waals surface area contributed by atoms with E-state index in [1.807, 2.05) is 37.5 Å². The van der Waals surface area contributed by atoms with Crippen LogP contribution in [0.2, 0.25) is 0 Å². The molecule has 0 spiro atoms. The highest BCUT2D eigenvalue weighted by molar-refractivity contribution is 5.80. The fourth-order valence-corrected chi connectivity index (χ4v) is 2.05. The van der Waals surface area contributed by atoms with Gasteiger partial charge in [0.25, 0.3) is 0 Å². The van der Waals surface area contributed by atoms with Crippen LogP contribution in [-0.4, -0.2) is 38.0 Å². The van der Waals surface area contributed by atoms with Gasteiger partial charge in [-0.2, -0.15) is 5.10 Å². The fourth-order valence-electron chi connectivity index (χ4n) is 2.05. The summed E-state index contributed by atoms with van der Waals surface area (Å²) >= 11 is 0. The van der Waals surface area contributed by atoms with Crippen molar-refractivity contribution in [3.05, 3.63) is 42.2 Å². The van der Waals surface area contributed by atoms with E-state index < -0.39 is 24.4 Å². The van der Waals surface area contributed by atoms with Crippen LogP contribution in [0.4, 0.5) is 0 Å². The summed E-state index contributed by atoms with van der Waals surface area (Å²) in [6.45, 7) is 0.289. The molecule has 1 aromatic heterocycles. The molecule has 22 heavy (non-hydrogen) atoms. The van der Waals surface area contributed by atoms with Crippen molar-refractivity contribution >= 4 is 11.9 Å². The standard InChI is InChI=1S/C15H17N3O4/c1-18-9-12(8-17-18)11-4-2-10(3-5-11)7-16-13(15(21)22)6-14(19)20/h2-5,8-9,13,16H,6-7H2,1H3,(H,19,20)(H,21,22)/t13-/m0/s1. The number of aliphatic carboxylic acids is 2. The Hall–Kier alpha value is -2.67. The van der Waals surface area contributed by atoms with Gasteiger partial charge in [-0.3, -0.25) is 19.6 Å². The zero-order valence-electron chi connectivity index (χ0n) is 12.1. The zero-order chi connectivity index (χ0) is 16.1. The molecule has 0 saturated heterocycles. The van der Waals surface area contributed by atoms with Gasteiger partial charge in [-0.15, -0.1) is 0 Å². The van der Waals surface area contributed by atoms with Gasteiger partial charge >= 0.3 is 11.9 Å². The number of hydrogen-bond acceptors (Lipinski definition) is 4. The van der Waals surface area contributed by atoms with Crippen molar-refractivity contribution in [2.45, 2.75) is 19.0 Å². The van der Waals surface area contributed by atoms with Crippen molar-refractivity contribution in [2.24, 2.45) is 7.05 Å². The van der Waals surface area contributed by atoms with Gasteiger partial charge in [0.15, 0.2) is 0 Å². The van der Waals surface area contributed by atoms with Crippen molar-refractivity contribution in [1.82, 2.24) is 15.1 Å². The summed E-state index contributed by atoms with van der Waals surface area (Å²) in [5, 5.41) is 24.5. The molecule has 2 aromatic rings. The second kappa shape index (κ2) is 6.86. The van der Waals surface area contributed by atoms with Crippen molar-refractivity contribution in [2.75, 3.05) is 0 Å². The number of rotatable bonds is 7. The molecule has 116 valence electrons. The summed E-state index contributed by atoms with van der Waals surface area (Å²) < 4.78 is 1.72. The van der Waals surface area contributed by atoms with Crippen LogP contribution in [0.15, 0.2) is 36.7 Å². The molecular weight excluding hydrogens is 286 g/mol. The topological polar surface area (TPSA) is 104 Å². The third-order valence-electron chi connectivity index (χ3n) is 3.22. The number of carbonyl (C=O) groups is 2. The van der Waals surface area contributed by atoms with E-state index in [9.17, 15) is 9.59 Å². The highest BCUT2D eigenvalue weighted by Gasteiger charge is 2.19. The van der Waals surface area contributed by atoms with Gasteiger partial charge in [-0.1, -0.05) is 24.3 Å². The predicted octanol–water partition coefficient (Wildman–Crippen LogP) is 1.10. The Morgan fingerprint density at radius 2 is 1.91 bits per heavy atom. The molecule has 1 atom stereocenters. The molecule has 7 nitrogen and oxygen atoms in total. The van der Waals surface area contributed by atoms with Gasteiger partial charge in [0.1, 0.15) is 6.04 Å². The van der Waals surface area contributed by atoms with Crippen LogP contribution in [0.25, 0.3) is 11.1 Å². The Bertz CT molecular complexity index is 664. The van der Waals surface area contributed by atoms with Crippen LogP contribution in [-0.2, 0) is 23.2 Å². The van der Waals surface area contributed by atoms with Crippen LogP contribution in [0.5, 0.6) is 0 Å². The number of nitrogens with zero attached hydrogens (tertiary/aromatic N) is 2. The Kier molecular flexibility index (Phi) is 4.90. The molecular formula is C15H17N3O4. The number of aromatic nitrogens is 2.